The minimum absolute atomic E-state index is 0.239. The zero-order valence-corrected chi connectivity index (χ0v) is 11.6. The second-order valence-electron chi connectivity index (χ2n) is 4.13. The first-order valence-electron chi connectivity index (χ1n) is 5.87. The maximum absolute atomic E-state index is 11.8. The number of urea groups is 1. The maximum Gasteiger partial charge on any atom is 0.325 e. The van der Waals surface area contributed by atoms with Crippen LogP contribution in [0.25, 0.3) is 0 Å². The standard InChI is InChI=1S/C11H19N3O6/c1-7(2)14(6-10(18)20-3)11(19)13-4-8(15)12-5-9(16)17/h7H,4-6H2,1-3H3,(H,12,15)(H,13,19)(H,16,17). The van der Waals surface area contributed by atoms with Gasteiger partial charge in [0.05, 0.1) is 13.7 Å². The molecule has 0 spiro atoms. The number of carboxylic acids is 1. The highest BCUT2D eigenvalue weighted by molar-refractivity contribution is 5.87. The molecular weight excluding hydrogens is 270 g/mol. The van der Waals surface area contributed by atoms with Crippen LogP contribution in [0.3, 0.4) is 0 Å². The number of hydrogen-bond acceptors (Lipinski definition) is 5. The van der Waals surface area contributed by atoms with Crippen molar-refractivity contribution >= 4 is 23.9 Å². The molecule has 9 heteroatoms. The summed E-state index contributed by atoms with van der Waals surface area (Å²) in [6.07, 6.45) is 0. The van der Waals surface area contributed by atoms with E-state index in [1.165, 1.54) is 12.0 Å². The van der Waals surface area contributed by atoms with Gasteiger partial charge in [-0.1, -0.05) is 0 Å². The van der Waals surface area contributed by atoms with Crippen molar-refractivity contribution in [1.29, 1.82) is 0 Å². The highest BCUT2D eigenvalue weighted by atomic mass is 16.5. The van der Waals surface area contributed by atoms with Crippen molar-refractivity contribution in [3.05, 3.63) is 0 Å². The third-order valence-corrected chi connectivity index (χ3v) is 2.25. The van der Waals surface area contributed by atoms with E-state index in [9.17, 15) is 19.2 Å². The van der Waals surface area contributed by atoms with Crippen molar-refractivity contribution in [1.82, 2.24) is 15.5 Å². The summed E-state index contributed by atoms with van der Waals surface area (Å²) in [5, 5.41) is 12.8. The van der Waals surface area contributed by atoms with Gasteiger partial charge in [0.1, 0.15) is 13.1 Å². The summed E-state index contributed by atoms with van der Waals surface area (Å²) in [6, 6.07) is -0.882. The molecule has 0 heterocycles. The van der Waals surface area contributed by atoms with Crippen LogP contribution in [-0.2, 0) is 19.1 Å². The van der Waals surface area contributed by atoms with Gasteiger partial charge in [-0.25, -0.2) is 4.79 Å². The molecule has 3 amide bonds. The molecule has 114 valence electrons. The van der Waals surface area contributed by atoms with Gasteiger partial charge in [-0.15, -0.1) is 0 Å². The first-order chi connectivity index (χ1) is 9.27. The number of rotatable bonds is 7. The number of carbonyl (C=O) groups is 4. The van der Waals surface area contributed by atoms with Crippen LogP contribution >= 0.6 is 0 Å². The van der Waals surface area contributed by atoms with E-state index in [-0.39, 0.29) is 19.1 Å². The minimum Gasteiger partial charge on any atom is -0.480 e. The predicted molar refractivity (Wildman–Crippen MR) is 67.9 cm³/mol. The molecule has 0 aliphatic heterocycles. The van der Waals surface area contributed by atoms with Crippen molar-refractivity contribution in [3.8, 4) is 0 Å². The van der Waals surface area contributed by atoms with Crippen molar-refractivity contribution < 1.29 is 29.0 Å². The van der Waals surface area contributed by atoms with E-state index in [1.54, 1.807) is 13.8 Å². The molecule has 0 saturated heterocycles. The first kappa shape index (κ1) is 17.7. The normalized spacial score (nSPS) is 9.80. The maximum atomic E-state index is 11.8. The Balaban J connectivity index is 4.29. The van der Waals surface area contributed by atoms with Gasteiger partial charge in [-0.2, -0.15) is 0 Å². The van der Waals surface area contributed by atoms with Crippen molar-refractivity contribution in [2.75, 3.05) is 26.7 Å². The Morgan fingerprint density at radius 1 is 1.15 bits per heavy atom. The van der Waals surface area contributed by atoms with E-state index in [0.717, 1.165) is 0 Å². The lowest BCUT2D eigenvalue weighted by Crippen LogP contribution is -2.49. The van der Waals surface area contributed by atoms with Gasteiger partial charge in [0, 0.05) is 6.04 Å². The Morgan fingerprint density at radius 2 is 1.75 bits per heavy atom. The van der Waals surface area contributed by atoms with E-state index >= 15 is 0 Å². The summed E-state index contributed by atoms with van der Waals surface area (Å²) in [5.74, 6) is -2.40. The first-order valence-corrected chi connectivity index (χ1v) is 5.87. The van der Waals surface area contributed by atoms with E-state index < -0.39 is 30.4 Å². The number of methoxy groups -OCH3 is 1. The molecule has 0 bridgehead atoms. The fourth-order valence-corrected chi connectivity index (χ4v) is 1.19. The molecule has 0 radical (unpaired) electrons. The molecule has 0 saturated carbocycles. The number of aliphatic carboxylic acids is 1. The molecule has 0 unspecified atom stereocenters. The van der Waals surface area contributed by atoms with Crippen LogP contribution in [0.5, 0.6) is 0 Å². The van der Waals surface area contributed by atoms with Crippen molar-refractivity contribution in [2.24, 2.45) is 0 Å². The molecule has 3 N–H and O–H groups in total. The summed E-state index contributed by atoms with van der Waals surface area (Å²) in [4.78, 5) is 45.6. The molecule has 0 aliphatic carbocycles. The summed E-state index contributed by atoms with van der Waals surface area (Å²) in [6.45, 7) is 2.26. The molecule has 0 aliphatic rings. The zero-order chi connectivity index (χ0) is 15.7. The average Bonchev–Trinajstić information content (AvgIpc) is 2.38. The average molecular weight is 289 g/mol. The summed E-state index contributed by atoms with van der Waals surface area (Å²) < 4.78 is 4.47. The molecule has 0 aromatic heterocycles. The molecule has 0 atom stereocenters. The Morgan fingerprint density at radius 3 is 2.20 bits per heavy atom. The fourth-order valence-electron chi connectivity index (χ4n) is 1.19. The van der Waals surface area contributed by atoms with Crippen LogP contribution in [0.1, 0.15) is 13.8 Å². The third kappa shape index (κ3) is 7.19. The number of amides is 3. The third-order valence-electron chi connectivity index (χ3n) is 2.25. The highest BCUT2D eigenvalue weighted by Crippen LogP contribution is 1.99. The number of ether oxygens (including phenoxy) is 1. The number of carbonyl (C=O) groups excluding carboxylic acids is 3. The lowest BCUT2D eigenvalue weighted by Gasteiger charge is -2.25. The van der Waals surface area contributed by atoms with Crippen LogP contribution < -0.4 is 10.6 Å². The molecule has 9 nitrogen and oxygen atoms in total. The number of nitrogens with zero attached hydrogens (tertiary/aromatic N) is 1. The lowest BCUT2D eigenvalue weighted by atomic mass is 10.3. The Hall–Kier alpha value is -2.32. The van der Waals surface area contributed by atoms with Gasteiger partial charge < -0.3 is 25.4 Å². The molecule has 20 heavy (non-hydrogen) atoms. The van der Waals surface area contributed by atoms with Crippen LogP contribution in [0.15, 0.2) is 0 Å². The molecular formula is C11H19N3O6. The van der Waals surface area contributed by atoms with Gasteiger partial charge in [0.25, 0.3) is 0 Å². The van der Waals surface area contributed by atoms with Crippen LogP contribution in [0.2, 0.25) is 0 Å². The molecule has 0 rings (SSSR count). The number of carboxylic acid groups (broad SMARTS) is 1. The Bertz CT molecular complexity index is 382. The van der Waals surface area contributed by atoms with Crippen LogP contribution in [0, 0.1) is 0 Å². The van der Waals surface area contributed by atoms with Gasteiger partial charge in [0.2, 0.25) is 5.91 Å². The van der Waals surface area contributed by atoms with Crippen molar-refractivity contribution in [2.45, 2.75) is 19.9 Å². The molecule has 0 aromatic carbocycles. The smallest absolute Gasteiger partial charge is 0.325 e. The molecule has 0 fully saturated rings. The van der Waals surface area contributed by atoms with Crippen LogP contribution in [-0.4, -0.2) is 66.7 Å². The zero-order valence-electron chi connectivity index (χ0n) is 11.6. The van der Waals surface area contributed by atoms with Crippen LogP contribution in [0.4, 0.5) is 4.79 Å². The Kier molecular flexibility index (Phi) is 7.71. The second-order valence-corrected chi connectivity index (χ2v) is 4.13. The van der Waals surface area contributed by atoms with E-state index in [0.29, 0.717) is 0 Å². The minimum atomic E-state index is -1.18. The summed E-state index contributed by atoms with van der Waals surface area (Å²) in [5.41, 5.74) is 0. The van der Waals surface area contributed by atoms with E-state index in [2.05, 4.69) is 15.4 Å². The van der Waals surface area contributed by atoms with Gasteiger partial charge in [-0.3, -0.25) is 14.4 Å². The second kappa shape index (κ2) is 8.73. The largest absolute Gasteiger partial charge is 0.480 e. The van der Waals surface area contributed by atoms with Crippen molar-refractivity contribution in [3.63, 3.8) is 0 Å². The SMILES string of the molecule is COC(=O)CN(C(=O)NCC(=O)NCC(=O)O)C(C)C. The van der Waals surface area contributed by atoms with E-state index in [1.807, 2.05) is 0 Å². The number of hydrogen-bond donors (Lipinski definition) is 3. The quantitative estimate of drug-likeness (QED) is 0.504. The summed E-state index contributed by atoms with van der Waals surface area (Å²) >= 11 is 0. The lowest BCUT2D eigenvalue weighted by molar-refractivity contribution is -0.141. The van der Waals surface area contributed by atoms with Gasteiger partial charge >= 0.3 is 18.0 Å². The topological polar surface area (TPSA) is 125 Å². The number of esters is 1. The van der Waals surface area contributed by atoms with Gasteiger partial charge in [0.15, 0.2) is 0 Å². The fraction of sp³-hybridized carbons (Fsp3) is 0.636. The monoisotopic (exact) mass is 289 g/mol. The molecule has 0 aromatic rings. The Labute approximate surface area is 116 Å². The summed E-state index contributed by atoms with van der Waals surface area (Å²) in [7, 11) is 1.21. The predicted octanol–water partition coefficient (Wildman–Crippen LogP) is -1.22. The highest BCUT2D eigenvalue weighted by Gasteiger charge is 2.20. The number of nitrogens with one attached hydrogen (secondary N) is 2. The van der Waals surface area contributed by atoms with E-state index in [4.69, 9.17) is 5.11 Å². The van der Waals surface area contributed by atoms with Gasteiger partial charge in [-0.05, 0) is 13.8 Å².